The molecule has 3 N–H and O–H groups in total. The number of hydrogen-bond acceptors (Lipinski definition) is 9. The van der Waals surface area contributed by atoms with Gasteiger partial charge in [-0.3, -0.25) is 5.32 Å². The number of sulfonamides is 1. The maximum atomic E-state index is 12.6. The van der Waals surface area contributed by atoms with Gasteiger partial charge in [0.05, 0.1) is 12.1 Å². The molecule has 0 saturated heterocycles. The Labute approximate surface area is 203 Å². The van der Waals surface area contributed by atoms with Crippen LogP contribution in [0.3, 0.4) is 0 Å². The van der Waals surface area contributed by atoms with E-state index in [1.807, 2.05) is 5.32 Å². The summed E-state index contributed by atoms with van der Waals surface area (Å²) in [6, 6.07) is 9.79. The second-order valence-electron chi connectivity index (χ2n) is 6.18. The van der Waals surface area contributed by atoms with Gasteiger partial charge in [-0.15, -0.1) is 8.70 Å². The summed E-state index contributed by atoms with van der Waals surface area (Å²) in [5, 5.41) is 4.69. The van der Waals surface area contributed by atoms with Gasteiger partial charge in [0, 0.05) is 10.7 Å². The van der Waals surface area contributed by atoms with Gasteiger partial charge < -0.3 is 10.1 Å². The number of amides is 3. The van der Waals surface area contributed by atoms with Crippen molar-refractivity contribution in [1.82, 2.24) is 14.3 Å². The molecule has 2 aromatic carbocycles. The number of ether oxygens (including phenoxy) is 1. The van der Waals surface area contributed by atoms with Crippen LogP contribution in [0.25, 0.3) is 0 Å². The summed E-state index contributed by atoms with van der Waals surface area (Å²) >= 11 is 11.7. The third kappa shape index (κ3) is 5.74. The first-order valence-electron chi connectivity index (χ1n) is 8.86. The number of carbonyl (C=O) groups is 2. The predicted molar refractivity (Wildman–Crippen MR) is 123 cm³/mol. The van der Waals surface area contributed by atoms with Crippen LogP contribution in [0.1, 0.15) is 0 Å². The van der Waals surface area contributed by atoms with Gasteiger partial charge in [0.25, 0.3) is 10.0 Å². The summed E-state index contributed by atoms with van der Waals surface area (Å²) in [4.78, 5) is 27.8. The summed E-state index contributed by atoms with van der Waals surface area (Å²) in [5.74, 6) is -1.46. The maximum absolute atomic E-state index is 12.6. The minimum absolute atomic E-state index is 0.0677. The Kier molecular flexibility index (Phi) is 7.30. The van der Waals surface area contributed by atoms with Crippen molar-refractivity contribution in [1.29, 1.82) is 0 Å². The molecule has 180 valence electrons. The number of carbonyl (C=O) groups excluding carboxylic acids is 2. The highest BCUT2D eigenvalue weighted by molar-refractivity contribution is 7.90. The lowest BCUT2D eigenvalue weighted by molar-refractivity contribution is 0.161. The smallest absolute Gasteiger partial charge is 0.432 e. The van der Waals surface area contributed by atoms with Gasteiger partial charge in [-0.2, -0.15) is 13.4 Å². The number of rotatable bonds is 3. The van der Waals surface area contributed by atoms with Crippen LogP contribution in [-0.4, -0.2) is 52.3 Å². The third-order valence-electron chi connectivity index (χ3n) is 3.86. The Morgan fingerprint density at radius 1 is 1.06 bits per heavy atom. The quantitative estimate of drug-likeness (QED) is 0.522. The highest BCUT2D eigenvalue weighted by atomic mass is 35.5. The minimum Gasteiger partial charge on any atom is -0.452 e. The Hall–Kier alpha value is -3.40. The van der Waals surface area contributed by atoms with Crippen molar-refractivity contribution in [2.45, 2.75) is 4.90 Å². The van der Waals surface area contributed by atoms with Crippen LogP contribution in [0.2, 0.25) is 10.0 Å². The Morgan fingerprint density at radius 3 is 2.32 bits per heavy atom. The molecule has 34 heavy (non-hydrogen) atoms. The monoisotopic (exact) mass is 548 g/mol. The van der Waals surface area contributed by atoms with Gasteiger partial charge >= 0.3 is 22.3 Å². The number of aliphatic imine (C=N–C) groups is 1. The van der Waals surface area contributed by atoms with Crippen LogP contribution in [0.4, 0.5) is 15.3 Å². The lowest BCUT2D eigenvalue weighted by atomic mass is 10.3. The molecule has 0 bridgehead atoms. The number of nitrogens with one attached hydrogen (secondary N) is 3. The van der Waals surface area contributed by atoms with Crippen molar-refractivity contribution in [2.24, 2.45) is 9.39 Å². The standard InChI is InChI=1S/C17H14Cl2N6O7S2/c1-32-17(27)25-15(22-16(26)24-33(28,29)13-5-3-2-4-12(13)19)21-14(23-34(25,30)31)20-11-8-6-10(18)7-9-11/h2-9H,1H3,(H3,20,21,22,23,24,26). The summed E-state index contributed by atoms with van der Waals surface area (Å²) in [6.07, 6.45) is -1.47. The fraction of sp³-hybridized carbons (Fsp3) is 0.0588. The van der Waals surface area contributed by atoms with Crippen molar-refractivity contribution < 1.29 is 31.2 Å². The number of methoxy groups -OCH3 is 1. The first-order chi connectivity index (χ1) is 15.9. The molecule has 0 unspecified atom stereocenters. The summed E-state index contributed by atoms with van der Waals surface area (Å²) in [5.41, 5.74) is 0.318. The zero-order valence-corrected chi connectivity index (χ0v) is 20.0. The average Bonchev–Trinajstić information content (AvgIpc) is 2.74. The highest BCUT2D eigenvalue weighted by Gasteiger charge is 2.38. The van der Waals surface area contributed by atoms with E-state index in [0.29, 0.717) is 10.7 Å². The molecule has 0 saturated carbocycles. The topological polar surface area (TPSA) is 176 Å². The highest BCUT2D eigenvalue weighted by Crippen LogP contribution is 2.20. The molecule has 0 fully saturated rings. The number of nitrogens with zero attached hydrogens (tertiary/aromatic N) is 3. The fourth-order valence-corrected chi connectivity index (χ4v) is 4.96. The Morgan fingerprint density at radius 2 is 1.71 bits per heavy atom. The number of guanidine groups is 2. The molecule has 0 atom stereocenters. The SMILES string of the molecule is COC(=O)N1C(NC(=O)NS(=O)(=O)c2ccccc2Cl)=NC(Nc2ccc(Cl)cc2)=NS1(=O)=O. The molecule has 1 heterocycles. The van der Waals surface area contributed by atoms with Gasteiger partial charge in [0.15, 0.2) is 0 Å². The van der Waals surface area contributed by atoms with Crippen molar-refractivity contribution in [3.05, 3.63) is 58.6 Å². The van der Waals surface area contributed by atoms with E-state index in [2.05, 4.69) is 19.4 Å². The fourth-order valence-electron chi connectivity index (χ4n) is 2.45. The Balaban J connectivity index is 1.91. The van der Waals surface area contributed by atoms with Crippen LogP contribution >= 0.6 is 23.2 Å². The minimum atomic E-state index is -4.80. The van der Waals surface area contributed by atoms with Gasteiger partial charge in [0.2, 0.25) is 11.9 Å². The van der Waals surface area contributed by atoms with E-state index in [0.717, 1.165) is 13.2 Å². The summed E-state index contributed by atoms with van der Waals surface area (Å²) < 4.78 is 59.4. The van der Waals surface area contributed by atoms with Gasteiger partial charge in [-0.05, 0) is 36.4 Å². The molecule has 0 radical (unpaired) electrons. The lowest BCUT2D eigenvalue weighted by Crippen LogP contribution is -2.54. The molecule has 1 aliphatic rings. The first kappa shape index (κ1) is 25.2. The van der Waals surface area contributed by atoms with Gasteiger partial charge in [-0.1, -0.05) is 35.3 Å². The van der Waals surface area contributed by atoms with Crippen molar-refractivity contribution in [3.63, 3.8) is 0 Å². The molecular formula is C17H14Cl2N6O7S2. The van der Waals surface area contributed by atoms with Crippen LogP contribution in [-0.2, 0) is 25.0 Å². The van der Waals surface area contributed by atoms with Crippen molar-refractivity contribution in [2.75, 3.05) is 12.4 Å². The first-order valence-corrected chi connectivity index (χ1v) is 12.5. The average molecular weight is 549 g/mol. The normalized spacial score (nSPS) is 15.0. The Bertz CT molecular complexity index is 1410. The second kappa shape index (κ2) is 9.84. The lowest BCUT2D eigenvalue weighted by Gasteiger charge is -2.24. The van der Waals surface area contributed by atoms with Crippen LogP contribution < -0.4 is 15.4 Å². The van der Waals surface area contributed by atoms with E-state index >= 15 is 0 Å². The van der Waals surface area contributed by atoms with E-state index in [1.54, 1.807) is 4.72 Å². The number of benzene rings is 2. The van der Waals surface area contributed by atoms with Crippen LogP contribution in [0.5, 0.6) is 0 Å². The van der Waals surface area contributed by atoms with E-state index in [-0.39, 0.29) is 9.33 Å². The molecule has 0 aliphatic carbocycles. The van der Waals surface area contributed by atoms with E-state index < -0.39 is 49.2 Å². The van der Waals surface area contributed by atoms with Crippen LogP contribution in [0.15, 0.2) is 62.8 Å². The zero-order chi connectivity index (χ0) is 25.1. The molecule has 3 rings (SSSR count). The largest absolute Gasteiger partial charge is 0.452 e. The molecule has 2 aromatic rings. The van der Waals surface area contributed by atoms with Crippen LogP contribution in [0, 0.1) is 0 Å². The zero-order valence-electron chi connectivity index (χ0n) is 16.9. The number of halogens is 2. The molecule has 17 heteroatoms. The number of urea groups is 1. The molecule has 1 aliphatic heterocycles. The summed E-state index contributed by atoms with van der Waals surface area (Å²) in [7, 11) is -8.39. The molecule has 0 spiro atoms. The van der Waals surface area contributed by atoms with E-state index in [9.17, 15) is 26.4 Å². The molecular weight excluding hydrogens is 535 g/mol. The predicted octanol–water partition coefficient (Wildman–Crippen LogP) is 2.13. The van der Waals surface area contributed by atoms with E-state index in [1.165, 1.54) is 42.5 Å². The third-order valence-corrected chi connectivity index (χ3v) is 7.13. The second-order valence-corrected chi connectivity index (χ2v) is 10.1. The van der Waals surface area contributed by atoms with E-state index in [4.69, 9.17) is 23.2 Å². The number of hydrogen-bond donors (Lipinski definition) is 3. The maximum Gasteiger partial charge on any atom is 0.432 e. The van der Waals surface area contributed by atoms with Gasteiger partial charge in [0.1, 0.15) is 4.90 Å². The number of anilines is 1. The van der Waals surface area contributed by atoms with Crippen molar-refractivity contribution >= 4 is 73.2 Å². The van der Waals surface area contributed by atoms with Gasteiger partial charge in [-0.25, -0.2) is 22.7 Å². The van der Waals surface area contributed by atoms with Crippen molar-refractivity contribution in [3.8, 4) is 0 Å². The molecule has 13 nitrogen and oxygen atoms in total. The summed E-state index contributed by atoms with van der Waals surface area (Å²) in [6.45, 7) is 0. The molecule has 0 aromatic heterocycles. The molecule has 3 amide bonds.